The molecular formula is C7H13ClO2. The number of hydrogen-bond donors (Lipinski definition) is 1. The van der Waals surface area contributed by atoms with E-state index in [-0.39, 0.29) is 5.41 Å². The van der Waals surface area contributed by atoms with Gasteiger partial charge >= 0.3 is 5.97 Å². The van der Waals surface area contributed by atoms with Crippen LogP contribution in [0.5, 0.6) is 0 Å². The van der Waals surface area contributed by atoms with Gasteiger partial charge in [-0.2, -0.15) is 0 Å². The lowest BCUT2D eigenvalue weighted by molar-refractivity contribution is -0.137. The van der Waals surface area contributed by atoms with Crippen molar-refractivity contribution in [3.8, 4) is 0 Å². The van der Waals surface area contributed by atoms with Gasteiger partial charge in [0.2, 0.25) is 0 Å². The SMILES string of the molecule is CC(C)(C)CC(Cl)C(=O)O. The van der Waals surface area contributed by atoms with Gasteiger partial charge in [-0.1, -0.05) is 20.8 Å². The standard InChI is InChI=1S/C7H13ClO2/c1-7(2,3)4-5(8)6(9)10/h5H,4H2,1-3H3,(H,9,10). The van der Waals surface area contributed by atoms with Gasteiger partial charge in [-0.15, -0.1) is 11.6 Å². The average molecular weight is 165 g/mol. The summed E-state index contributed by atoms with van der Waals surface area (Å²) in [5.41, 5.74) is -0.00912. The Bertz CT molecular complexity index is 126. The van der Waals surface area contributed by atoms with Crippen LogP contribution < -0.4 is 0 Å². The van der Waals surface area contributed by atoms with Crippen LogP contribution in [0, 0.1) is 5.41 Å². The number of carboxylic acid groups (broad SMARTS) is 1. The molecule has 0 spiro atoms. The Hall–Kier alpha value is -0.240. The molecular weight excluding hydrogens is 152 g/mol. The molecule has 1 atom stereocenters. The molecule has 0 aliphatic rings. The third-order valence-corrected chi connectivity index (χ3v) is 1.40. The maximum atomic E-state index is 10.2. The largest absolute Gasteiger partial charge is 0.480 e. The van der Waals surface area contributed by atoms with Gasteiger partial charge in [0, 0.05) is 0 Å². The van der Waals surface area contributed by atoms with Crippen LogP contribution in [0.3, 0.4) is 0 Å². The van der Waals surface area contributed by atoms with Crippen molar-refractivity contribution in [1.82, 2.24) is 0 Å². The maximum absolute atomic E-state index is 10.2. The fourth-order valence-electron chi connectivity index (χ4n) is 0.625. The molecule has 0 aromatic carbocycles. The summed E-state index contributed by atoms with van der Waals surface area (Å²) in [6.07, 6.45) is 0.504. The van der Waals surface area contributed by atoms with Crippen molar-refractivity contribution in [2.45, 2.75) is 32.6 Å². The molecule has 0 radical (unpaired) electrons. The van der Waals surface area contributed by atoms with E-state index in [9.17, 15) is 4.79 Å². The molecule has 0 bridgehead atoms. The van der Waals surface area contributed by atoms with Gasteiger partial charge in [0.15, 0.2) is 0 Å². The highest BCUT2D eigenvalue weighted by atomic mass is 35.5. The van der Waals surface area contributed by atoms with Gasteiger partial charge in [-0.25, -0.2) is 0 Å². The van der Waals surface area contributed by atoms with Crippen molar-refractivity contribution in [1.29, 1.82) is 0 Å². The van der Waals surface area contributed by atoms with Crippen LogP contribution in [0.4, 0.5) is 0 Å². The van der Waals surface area contributed by atoms with Crippen molar-refractivity contribution in [3.63, 3.8) is 0 Å². The molecule has 0 fully saturated rings. The van der Waals surface area contributed by atoms with E-state index in [1.807, 2.05) is 20.8 Å². The summed E-state index contributed by atoms with van der Waals surface area (Å²) in [4.78, 5) is 10.2. The summed E-state index contributed by atoms with van der Waals surface area (Å²) in [5.74, 6) is -0.934. The first-order chi connectivity index (χ1) is 4.33. The minimum Gasteiger partial charge on any atom is -0.480 e. The molecule has 0 heterocycles. The van der Waals surface area contributed by atoms with Gasteiger partial charge < -0.3 is 5.11 Å². The van der Waals surface area contributed by atoms with E-state index in [4.69, 9.17) is 16.7 Å². The lowest BCUT2D eigenvalue weighted by atomic mass is 9.90. The molecule has 0 aliphatic carbocycles. The molecule has 1 N–H and O–H groups in total. The van der Waals surface area contributed by atoms with Crippen molar-refractivity contribution < 1.29 is 9.90 Å². The summed E-state index contributed by atoms with van der Waals surface area (Å²) in [6, 6.07) is 0. The molecule has 0 rings (SSSR count). The minimum atomic E-state index is -0.934. The average Bonchev–Trinajstić information content (AvgIpc) is 1.60. The Balaban J connectivity index is 3.80. The van der Waals surface area contributed by atoms with Crippen molar-refractivity contribution in [2.75, 3.05) is 0 Å². The molecule has 0 amide bonds. The topological polar surface area (TPSA) is 37.3 Å². The smallest absolute Gasteiger partial charge is 0.321 e. The molecule has 0 saturated heterocycles. The van der Waals surface area contributed by atoms with Crippen LogP contribution in [0.15, 0.2) is 0 Å². The van der Waals surface area contributed by atoms with Gasteiger partial charge in [0.25, 0.3) is 0 Å². The van der Waals surface area contributed by atoms with Crippen LogP contribution in [0.1, 0.15) is 27.2 Å². The fraction of sp³-hybridized carbons (Fsp3) is 0.857. The Morgan fingerprint density at radius 1 is 1.60 bits per heavy atom. The number of aliphatic carboxylic acids is 1. The van der Waals surface area contributed by atoms with Gasteiger partial charge in [0.05, 0.1) is 0 Å². The Labute approximate surface area is 66.2 Å². The highest BCUT2D eigenvalue weighted by molar-refractivity contribution is 6.29. The van der Waals surface area contributed by atoms with Crippen molar-refractivity contribution in [3.05, 3.63) is 0 Å². The minimum absolute atomic E-state index is 0.00912. The molecule has 1 unspecified atom stereocenters. The first-order valence-corrected chi connectivity index (χ1v) is 3.63. The van der Waals surface area contributed by atoms with Crippen LogP contribution >= 0.6 is 11.6 Å². The summed E-state index contributed by atoms with van der Waals surface area (Å²) in [5, 5.41) is 7.66. The first kappa shape index (κ1) is 9.76. The highest BCUT2D eigenvalue weighted by Gasteiger charge is 2.21. The number of alkyl halides is 1. The van der Waals surface area contributed by atoms with E-state index in [0.29, 0.717) is 6.42 Å². The number of carbonyl (C=O) groups is 1. The summed E-state index contributed by atoms with van der Waals surface area (Å²) < 4.78 is 0. The van der Waals surface area contributed by atoms with E-state index in [1.54, 1.807) is 0 Å². The van der Waals surface area contributed by atoms with E-state index >= 15 is 0 Å². The summed E-state index contributed by atoms with van der Waals surface area (Å²) >= 11 is 5.50. The number of rotatable bonds is 2. The first-order valence-electron chi connectivity index (χ1n) is 3.20. The molecule has 0 aromatic rings. The molecule has 10 heavy (non-hydrogen) atoms. The molecule has 0 aliphatic heterocycles. The van der Waals surface area contributed by atoms with Gasteiger partial charge in [-0.3, -0.25) is 4.79 Å². The molecule has 2 nitrogen and oxygen atoms in total. The van der Waals surface area contributed by atoms with E-state index in [0.717, 1.165) is 0 Å². The maximum Gasteiger partial charge on any atom is 0.321 e. The van der Waals surface area contributed by atoms with Crippen LogP contribution in [0.2, 0.25) is 0 Å². The van der Waals surface area contributed by atoms with Crippen molar-refractivity contribution >= 4 is 17.6 Å². The monoisotopic (exact) mass is 164 g/mol. The molecule has 0 aromatic heterocycles. The second-order valence-electron chi connectivity index (χ2n) is 3.57. The third-order valence-electron chi connectivity index (χ3n) is 1.06. The number of halogens is 1. The van der Waals surface area contributed by atoms with E-state index in [1.165, 1.54) is 0 Å². The lowest BCUT2D eigenvalue weighted by Gasteiger charge is -2.18. The van der Waals surface area contributed by atoms with E-state index in [2.05, 4.69) is 0 Å². The fourth-order valence-corrected chi connectivity index (χ4v) is 1.09. The Kier molecular flexibility index (Phi) is 3.16. The summed E-state index contributed by atoms with van der Waals surface area (Å²) in [7, 11) is 0. The zero-order chi connectivity index (χ0) is 8.36. The third kappa shape index (κ3) is 4.62. The van der Waals surface area contributed by atoms with Crippen LogP contribution in [-0.4, -0.2) is 16.5 Å². The highest BCUT2D eigenvalue weighted by Crippen LogP contribution is 2.23. The summed E-state index contributed by atoms with van der Waals surface area (Å²) in [6.45, 7) is 5.89. The van der Waals surface area contributed by atoms with Crippen molar-refractivity contribution in [2.24, 2.45) is 5.41 Å². The Morgan fingerprint density at radius 3 is 2.10 bits per heavy atom. The normalized spacial score (nSPS) is 14.8. The van der Waals surface area contributed by atoms with Gasteiger partial charge in [0.1, 0.15) is 5.38 Å². The predicted molar refractivity (Wildman–Crippen MR) is 41.3 cm³/mol. The zero-order valence-electron chi connectivity index (χ0n) is 6.52. The molecule has 3 heteroatoms. The van der Waals surface area contributed by atoms with E-state index < -0.39 is 11.3 Å². The van der Waals surface area contributed by atoms with Crippen LogP contribution in [0.25, 0.3) is 0 Å². The molecule has 60 valence electrons. The van der Waals surface area contributed by atoms with Crippen LogP contribution in [-0.2, 0) is 4.79 Å². The Morgan fingerprint density at radius 2 is 2.00 bits per heavy atom. The lowest BCUT2D eigenvalue weighted by Crippen LogP contribution is -2.20. The predicted octanol–water partition coefficient (Wildman–Crippen LogP) is 2.11. The second-order valence-corrected chi connectivity index (χ2v) is 4.10. The quantitative estimate of drug-likeness (QED) is 0.635. The second kappa shape index (κ2) is 3.24. The number of hydrogen-bond acceptors (Lipinski definition) is 1. The zero-order valence-corrected chi connectivity index (χ0v) is 7.27. The number of carboxylic acids is 1. The van der Waals surface area contributed by atoms with Gasteiger partial charge in [-0.05, 0) is 11.8 Å². The molecule has 0 saturated carbocycles.